The average Bonchev–Trinajstić information content (AvgIpc) is 3.26. The summed E-state index contributed by atoms with van der Waals surface area (Å²) in [5.41, 5.74) is 2.65. The zero-order valence-corrected chi connectivity index (χ0v) is 17.0. The molecule has 1 aromatic heterocycles. The molecular weight excluding hydrogens is 382 g/mol. The molecule has 2 aliphatic heterocycles. The smallest absolute Gasteiger partial charge is 0.339 e. The van der Waals surface area contributed by atoms with E-state index in [9.17, 15) is 9.59 Å². The van der Waals surface area contributed by atoms with E-state index in [1.54, 1.807) is 19.1 Å². The maximum Gasteiger partial charge on any atom is 0.339 e. The number of nitrogens with zero attached hydrogens (tertiary/aromatic N) is 3. The summed E-state index contributed by atoms with van der Waals surface area (Å²) in [6.45, 7) is 5.49. The highest BCUT2D eigenvalue weighted by Gasteiger charge is 2.21. The number of aromatic nitrogens is 1. The van der Waals surface area contributed by atoms with Gasteiger partial charge >= 0.3 is 5.97 Å². The van der Waals surface area contributed by atoms with Crippen molar-refractivity contribution in [1.82, 2.24) is 9.88 Å². The molecule has 1 amide bonds. The monoisotopic (exact) mass is 407 g/mol. The van der Waals surface area contributed by atoms with E-state index in [2.05, 4.69) is 16.0 Å². The number of pyridine rings is 1. The van der Waals surface area contributed by atoms with Crippen LogP contribution in [0, 0.1) is 0 Å². The minimum Gasteiger partial charge on any atom is -0.493 e. The second-order valence-electron chi connectivity index (χ2n) is 7.24. The Morgan fingerprint density at radius 2 is 2.00 bits per heavy atom. The summed E-state index contributed by atoms with van der Waals surface area (Å²) >= 11 is 0. The molecule has 2 aliphatic rings. The van der Waals surface area contributed by atoms with Crippen LogP contribution in [-0.4, -0.2) is 61.2 Å². The lowest BCUT2D eigenvalue weighted by Gasteiger charge is -2.35. The third-order valence-corrected chi connectivity index (χ3v) is 5.31. The van der Waals surface area contributed by atoms with Gasteiger partial charge in [0.25, 0.3) is 0 Å². The molecule has 1 saturated heterocycles. The summed E-state index contributed by atoms with van der Waals surface area (Å²) in [4.78, 5) is 32.6. The Morgan fingerprint density at radius 3 is 2.73 bits per heavy atom. The van der Waals surface area contributed by atoms with Crippen LogP contribution in [0.2, 0.25) is 0 Å². The van der Waals surface area contributed by atoms with Crippen molar-refractivity contribution in [3.05, 3.63) is 59.3 Å². The molecule has 0 atom stereocenters. The summed E-state index contributed by atoms with van der Waals surface area (Å²) in [5, 5.41) is 0. The van der Waals surface area contributed by atoms with Gasteiger partial charge in [-0.1, -0.05) is 6.07 Å². The van der Waals surface area contributed by atoms with Gasteiger partial charge in [-0.2, -0.15) is 0 Å². The highest BCUT2D eigenvalue weighted by molar-refractivity contribution is 5.92. The fourth-order valence-electron chi connectivity index (χ4n) is 3.65. The zero-order valence-electron chi connectivity index (χ0n) is 17.0. The van der Waals surface area contributed by atoms with Crippen molar-refractivity contribution in [3.63, 3.8) is 0 Å². The topological polar surface area (TPSA) is 72.0 Å². The van der Waals surface area contributed by atoms with Crippen LogP contribution >= 0.6 is 0 Å². The van der Waals surface area contributed by atoms with Gasteiger partial charge in [0.2, 0.25) is 5.91 Å². The van der Waals surface area contributed by atoms with Gasteiger partial charge < -0.3 is 19.3 Å². The molecule has 0 N–H and O–H groups in total. The molecule has 0 bridgehead atoms. The number of carbonyl (C=O) groups is 2. The van der Waals surface area contributed by atoms with Crippen LogP contribution in [0.3, 0.4) is 0 Å². The number of hydrogen-bond acceptors (Lipinski definition) is 6. The maximum atomic E-state index is 12.6. The summed E-state index contributed by atoms with van der Waals surface area (Å²) in [6.07, 6.45) is 5.96. The van der Waals surface area contributed by atoms with Gasteiger partial charge in [0, 0.05) is 44.9 Å². The predicted octanol–water partition coefficient (Wildman–Crippen LogP) is 2.56. The van der Waals surface area contributed by atoms with E-state index in [1.165, 1.54) is 11.8 Å². The summed E-state index contributed by atoms with van der Waals surface area (Å²) < 4.78 is 10.5. The molecule has 0 saturated carbocycles. The minimum absolute atomic E-state index is 0.0111. The molecule has 3 heterocycles. The highest BCUT2D eigenvalue weighted by atomic mass is 16.5. The number of esters is 1. The summed E-state index contributed by atoms with van der Waals surface area (Å²) in [5.74, 6) is 1.39. The predicted molar refractivity (Wildman–Crippen MR) is 114 cm³/mol. The van der Waals surface area contributed by atoms with Gasteiger partial charge in [-0.15, -0.1) is 0 Å². The number of carbonyl (C=O) groups excluding carboxylic acids is 2. The first kappa shape index (κ1) is 19.9. The molecule has 30 heavy (non-hydrogen) atoms. The quantitative estimate of drug-likeness (QED) is 0.560. The SMILES string of the molecule is CCOC(=O)c1ccc(N2CCN(C(=O)/C=C/c3ccc4c(c3)CCO4)CC2)nc1. The van der Waals surface area contributed by atoms with Gasteiger partial charge in [-0.25, -0.2) is 9.78 Å². The number of rotatable bonds is 5. The molecule has 1 fully saturated rings. The Kier molecular flexibility index (Phi) is 5.97. The van der Waals surface area contributed by atoms with Crippen LogP contribution < -0.4 is 9.64 Å². The molecule has 1 aromatic carbocycles. The van der Waals surface area contributed by atoms with Crippen molar-refractivity contribution in [1.29, 1.82) is 0 Å². The number of fused-ring (bicyclic) bond motifs is 1. The second-order valence-corrected chi connectivity index (χ2v) is 7.24. The molecule has 0 unspecified atom stereocenters. The molecule has 0 radical (unpaired) electrons. The van der Waals surface area contributed by atoms with E-state index < -0.39 is 0 Å². The Balaban J connectivity index is 1.30. The normalized spacial score (nSPS) is 15.8. The van der Waals surface area contributed by atoms with E-state index in [4.69, 9.17) is 9.47 Å². The first-order chi connectivity index (χ1) is 14.6. The van der Waals surface area contributed by atoms with E-state index >= 15 is 0 Å². The molecule has 0 aliphatic carbocycles. The third kappa shape index (κ3) is 4.45. The standard InChI is InChI=1S/C23H25N3O4/c1-2-29-23(28)19-5-7-21(24-16-19)25-10-12-26(13-11-25)22(27)8-4-17-3-6-20-18(15-17)9-14-30-20/h3-8,15-16H,2,9-14H2,1H3/b8-4+. The van der Waals surface area contributed by atoms with Crippen molar-refractivity contribution in [2.24, 2.45) is 0 Å². The lowest BCUT2D eigenvalue weighted by molar-refractivity contribution is -0.126. The van der Waals surface area contributed by atoms with Gasteiger partial charge in [-0.3, -0.25) is 4.79 Å². The largest absolute Gasteiger partial charge is 0.493 e. The molecular formula is C23H25N3O4. The summed E-state index contributed by atoms with van der Waals surface area (Å²) in [7, 11) is 0. The van der Waals surface area contributed by atoms with E-state index in [1.807, 2.05) is 29.2 Å². The first-order valence-corrected chi connectivity index (χ1v) is 10.2. The van der Waals surface area contributed by atoms with Crippen molar-refractivity contribution < 1.29 is 19.1 Å². The summed E-state index contributed by atoms with van der Waals surface area (Å²) in [6, 6.07) is 9.56. The number of ether oxygens (including phenoxy) is 2. The minimum atomic E-state index is -0.366. The van der Waals surface area contributed by atoms with Gasteiger partial charge in [0.15, 0.2) is 0 Å². The van der Waals surface area contributed by atoms with Crippen LogP contribution in [0.1, 0.15) is 28.4 Å². The molecule has 7 heteroatoms. The number of amides is 1. The fraction of sp³-hybridized carbons (Fsp3) is 0.348. The lowest BCUT2D eigenvalue weighted by atomic mass is 10.1. The molecule has 2 aromatic rings. The second kappa shape index (κ2) is 8.98. The Morgan fingerprint density at radius 1 is 1.17 bits per heavy atom. The maximum absolute atomic E-state index is 12.6. The van der Waals surface area contributed by atoms with E-state index in [0.29, 0.717) is 38.3 Å². The van der Waals surface area contributed by atoms with Crippen LogP contribution in [-0.2, 0) is 16.0 Å². The Bertz CT molecular complexity index is 947. The molecule has 4 rings (SSSR count). The first-order valence-electron chi connectivity index (χ1n) is 10.2. The van der Waals surface area contributed by atoms with Crippen LogP contribution in [0.15, 0.2) is 42.6 Å². The molecule has 0 spiro atoms. The van der Waals surface area contributed by atoms with Gasteiger partial charge in [0.1, 0.15) is 11.6 Å². The van der Waals surface area contributed by atoms with Gasteiger partial charge in [-0.05, 0) is 48.4 Å². The third-order valence-electron chi connectivity index (χ3n) is 5.31. The Labute approximate surface area is 175 Å². The van der Waals surface area contributed by atoms with Crippen molar-refractivity contribution in [3.8, 4) is 5.75 Å². The molecule has 7 nitrogen and oxygen atoms in total. The molecule has 156 valence electrons. The van der Waals surface area contributed by atoms with Crippen molar-refractivity contribution in [2.75, 3.05) is 44.3 Å². The van der Waals surface area contributed by atoms with Crippen LogP contribution in [0.25, 0.3) is 6.08 Å². The number of hydrogen-bond donors (Lipinski definition) is 0. The van der Waals surface area contributed by atoms with E-state index in [-0.39, 0.29) is 11.9 Å². The Hall–Kier alpha value is -3.35. The van der Waals surface area contributed by atoms with Crippen LogP contribution in [0.5, 0.6) is 5.75 Å². The number of anilines is 1. The lowest BCUT2D eigenvalue weighted by Crippen LogP contribution is -2.48. The number of piperazine rings is 1. The van der Waals surface area contributed by atoms with Crippen molar-refractivity contribution in [2.45, 2.75) is 13.3 Å². The van der Waals surface area contributed by atoms with Crippen LogP contribution in [0.4, 0.5) is 5.82 Å². The highest BCUT2D eigenvalue weighted by Crippen LogP contribution is 2.26. The zero-order chi connectivity index (χ0) is 20.9. The van der Waals surface area contributed by atoms with E-state index in [0.717, 1.165) is 30.2 Å². The average molecular weight is 407 g/mol. The van der Waals surface area contributed by atoms with Crippen molar-refractivity contribution >= 4 is 23.8 Å². The van der Waals surface area contributed by atoms with Gasteiger partial charge in [0.05, 0.1) is 18.8 Å². The fourth-order valence-corrected chi connectivity index (χ4v) is 3.65. The number of benzene rings is 1.